The smallest absolute Gasteiger partial charge is 0.262 e. The normalized spacial score (nSPS) is 18.7. The quantitative estimate of drug-likeness (QED) is 0.834. The van der Waals surface area contributed by atoms with Crippen LogP contribution in [0, 0.1) is 6.92 Å². The van der Waals surface area contributed by atoms with Crippen molar-refractivity contribution in [2.45, 2.75) is 32.9 Å². The molecule has 1 unspecified atom stereocenters. The molecule has 3 heterocycles. The zero-order valence-electron chi connectivity index (χ0n) is 14.8. The molecule has 0 aromatic carbocycles. The topological polar surface area (TPSA) is 79.3 Å². The summed E-state index contributed by atoms with van der Waals surface area (Å²) in [4.78, 5) is 28.5. The van der Waals surface area contributed by atoms with E-state index in [1.807, 2.05) is 31.9 Å². The Morgan fingerprint density at radius 1 is 1.48 bits per heavy atom. The molecule has 138 valence electrons. The maximum atomic E-state index is 12.6. The number of nitrogens with zero attached hydrogens (tertiary/aromatic N) is 3. The Morgan fingerprint density at radius 3 is 2.84 bits per heavy atom. The molecule has 3 rings (SSSR count). The van der Waals surface area contributed by atoms with E-state index in [1.54, 1.807) is 11.6 Å². The summed E-state index contributed by atoms with van der Waals surface area (Å²) in [5, 5.41) is 11.4. The van der Waals surface area contributed by atoms with E-state index in [2.05, 4.69) is 15.7 Å². The van der Waals surface area contributed by atoms with Gasteiger partial charge in [-0.05, 0) is 26.8 Å². The molecule has 0 aliphatic carbocycles. The third-order valence-corrected chi connectivity index (χ3v) is 5.62. The largest absolute Gasteiger partial charge is 0.340 e. The number of amides is 2. The second kappa shape index (κ2) is 7.72. The number of carbonyl (C=O) groups excluding carboxylic acids is 2. The van der Waals surface area contributed by atoms with Crippen molar-refractivity contribution in [3.8, 4) is 0 Å². The molecule has 2 N–H and O–H groups in total. The van der Waals surface area contributed by atoms with Crippen molar-refractivity contribution >= 4 is 45.8 Å². The highest BCUT2D eigenvalue weighted by Crippen LogP contribution is 2.27. The van der Waals surface area contributed by atoms with Gasteiger partial charge in [0, 0.05) is 38.1 Å². The van der Waals surface area contributed by atoms with Crippen LogP contribution in [0.15, 0.2) is 6.07 Å². The van der Waals surface area contributed by atoms with E-state index in [4.69, 9.17) is 0 Å². The summed E-state index contributed by atoms with van der Waals surface area (Å²) >= 11 is 1.40. The van der Waals surface area contributed by atoms with Crippen molar-refractivity contribution in [3.05, 3.63) is 16.6 Å². The van der Waals surface area contributed by atoms with Gasteiger partial charge in [0.2, 0.25) is 5.91 Å². The average Bonchev–Trinajstić information content (AvgIpc) is 3.09. The summed E-state index contributed by atoms with van der Waals surface area (Å²) in [5.74, 6) is -0.240. The number of piperazine rings is 1. The highest BCUT2D eigenvalue weighted by molar-refractivity contribution is 7.20. The molecule has 7 nitrogen and oxygen atoms in total. The predicted molar refractivity (Wildman–Crippen MR) is 102 cm³/mol. The molecule has 9 heteroatoms. The minimum atomic E-state index is -0.539. The van der Waals surface area contributed by atoms with Gasteiger partial charge >= 0.3 is 0 Å². The summed E-state index contributed by atoms with van der Waals surface area (Å²) < 4.78 is 1.78. The van der Waals surface area contributed by atoms with Crippen LogP contribution in [-0.2, 0) is 11.8 Å². The number of rotatable bonds is 3. The van der Waals surface area contributed by atoms with Gasteiger partial charge in [-0.3, -0.25) is 14.3 Å². The number of nitrogens with one attached hydrogen (secondary N) is 2. The van der Waals surface area contributed by atoms with E-state index in [0.717, 1.165) is 29.0 Å². The number of hydrogen-bond acceptors (Lipinski definition) is 5. The van der Waals surface area contributed by atoms with Crippen LogP contribution in [0.25, 0.3) is 10.2 Å². The predicted octanol–water partition coefficient (Wildman–Crippen LogP) is 1.30. The molecule has 1 aliphatic heterocycles. The Morgan fingerprint density at radius 2 is 2.20 bits per heavy atom. The van der Waals surface area contributed by atoms with Crippen LogP contribution in [0.1, 0.15) is 29.2 Å². The van der Waals surface area contributed by atoms with Crippen molar-refractivity contribution in [3.63, 3.8) is 0 Å². The first kappa shape index (κ1) is 19.7. The molecule has 25 heavy (non-hydrogen) atoms. The van der Waals surface area contributed by atoms with E-state index in [1.165, 1.54) is 11.3 Å². The van der Waals surface area contributed by atoms with E-state index in [0.29, 0.717) is 11.4 Å². The summed E-state index contributed by atoms with van der Waals surface area (Å²) in [5.41, 5.74) is 0.904. The number of aryl methyl sites for hydroxylation is 2. The molecule has 1 aliphatic rings. The second-order valence-corrected chi connectivity index (χ2v) is 7.35. The minimum Gasteiger partial charge on any atom is -0.340 e. The average molecular weight is 386 g/mol. The van der Waals surface area contributed by atoms with Gasteiger partial charge in [0.05, 0.1) is 10.6 Å². The van der Waals surface area contributed by atoms with E-state index in [9.17, 15) is 9.59 Å². The number of aromatic nitrogens is 2. The molecule has 0 radical (unpaired) electrons. The van der Waals surface area contributed by atoms with Gasteiger partial charge in [0.25, 0.3) is 5.91 Å². The van der Waals surface area contributed by atoms with Gasteiger partial charge in [0.15, 0.2) is 0 Å². The maximum absolute atomic E-state index is 12.6. The Bertz CT molecular complexity index is 752. The Labute approximate surface area is 157 Å². The van der Waals surface area contributed by atoms with Gasteiger partial charge in [0.1, 0.15) is 10.9 Å². The Balaban J connectivity index is 0.00000225. The molecule has 2 aromatic rings. The number of halogens is 1. The number of fused-ring (bicyclic) bond motifs is 1. The number of hydrogen-bond donors (Lipinski definition) is 2. The molecule has 2 aromatic heterocycles. The lowest BCUT2D eigenvalue weighted by Crippen LogP contribution is -2.57. The highest BCUT2D eigenvalue weighted by atomic mass is 35.5. The van der Waals surface area contributed by atoms with Gasteiger partial charge in [-0.15, -0.1) is 23.7 Å². The van der Waals surface area contributed by atoms with Crippen molar-refractivity contribution < 1.29 is 9.59 Å². The van der Waals surface area contributed by atoms with E-state index in [-0.39, 0.29) is 30.3 Å². The van der Waals surface area contributed by atoms with Crippen LogP contribution in [-0.4, -0.2) is 58.2 Å². The third-order valence-electron chi connectivity index (χ3n) is 4.42. The zero-order chi connectivity index (χ0) is 17.4. The van der Waals surface area contributed by atoms with Gasteiger partial charge in [-0.1, -0.05) is 0 Å². The Kier molecular flexibility index (Phi) is 6.08. The van der Waals surface area contributed by atoms with Crippen molar-refractivity contribution in [1.82, 2.24) is 25.3 Å². The van der Waals surface area contributed by atoms with Crippen molar-refractivity contribution in [1.29, 1.82) is 0 Å². The second-order valence-electron chi connectivity index (χ2n) is 6.32. The van der Waals surface area contributed by atoms with Gasteiger partial charge in [-0.2, -0.15) is 5.10 Å². The van der Waals surface area contributed by atoms with E-state index < -0.39 is 6.04 Å². The van der Waals surface area contributed by atoms with Crippen LogP contribution < -0.4 is 10.6 Å². The molecular weight excluding hydrogens is 362 g/mol. The summed E-state index contributed by atoms with van der Waals surface area (Å²) in [7, 11) is 1.87. The molecule has 1 fully saturated rings. The zero-order valence-corrected chi connectivity index (χ0v) is 16.5. The minimum absolute atomic E-state index is 0. The first-order valence-electron chi connectivity index (χ1n) is 8.13. The molecular formula is C16H24ClN5O2S. The molecule has 2 amide bonds. The fourth-order valence-corrected chi connectivity index (χ4v) is 4.09. The summed E-state index contributed by atoms with van der Waals surface area (Å²) in [6, 6.07) is 1.45. The lowest BCUT2D eigenvalue weighted by Gasteiger charge is -2.35. The van der Waals surface area contributed by atoms with Gasteiger partial charge < -0.3 is 15.5 Å². The standard InChI is InChI=1S/C16H23N5O2S.ClH/c1-9-8-17-5-6-21(9)15(23)11(3)18-14(22)13-7-12-10(2)19-20(4)16(12)24-13;/h7,9,11,17H,5-6,8H2,1-4H3,(H,18,22);1H/t9-,11?;/m1./s1. The first-order chi connectivity index (χ1) is 11.4. The summed E-state index contributed by atoms with van der Waals surface area (Å²) in [6.45, 7) is 7.94. The van der Waals surface area contributed by atoms with Crippen LogP contribution in [0.4, 0.5) is 0 Å². The number of carbonyl (C=O) groups is 2. The van der Waals surface area contributed by atoms with Crippen molar-refractivity contribution in [2.24, 2.45) is 7.05 Å². The molecule has 0 bridgehead atoms. The van der Waals surface area contributed by atoms with Crippen molar-refractivity contribution in [2.75, 3.05) is 19.6 Å². The monoisotopic (exact) mass is 385 g/mol. The molecule has 1 saturated heterocycles. The number of thiophene rings is 1. The SMILES string of the molecule is Cc1nn(C)c2sc(C(=O)NC(C)C(=O)N3CCNC[C@H]3C)cc12.Cl. The maximum Gasteiger partial charge on any atom is 0.262 e. The lowest BCUT2D eigenvalue weighted by molar-refractivity contribution is -0.135. The van der Waals surface area contributed by atoms with Crippen LogP contribution >= 0.6 is 23.7 Å². The van der Waals surface area contributed by atoms with Crippen LogP contribution in [0.5, 0.6) is 0 Å². The molecule has 0 spiro atoms. The van der Waals surface area contributed by atoms with Gasteiger partial charge in [-0.25, -0.2) is 0 Å². The summed E-state index contributed by atoms with van der Waals surface area (Å²) in [6.07, 6.45) is 0. The lowest BCUT2D eigenvalue weighted by atomic mass is 10.1. The van der Waals surface area contributed by atoms with E-state index >= 15 is 0 Å². The van der Waals surface area contributed by atoms with Crippen LogP contribution in [0.2, 0.25) is 0 Å². The third kappa shape index (κ3) is 3.80. The Hall–Kier alpha value is -1.64. The first-order valence-corrected chi connectivity index (χ1v) is 8.95. The molecule has 2 atom stereocenters. The van der Waals surface area contributed by atoms with Crippen LogP contribution in [0.3, 0.4) is 0 Å². The fourth-order valence-electron chi connectivity index (χ4n) is 3.06. The fraction of sp³-hybridized carbons (Fsp3) is 0.562. The highest BCUT2D eigenvalue weighted by Gasteiger charge is 2.28. The molecule has 0 saturated carbocycles.